The molecule has 0 aliphatic carbocycles. The molecule has 2 N–H and O–H groups in total. The highest BCUT2D eigenvalue weighted by Gasteiger charge is 2.39. The van der Waals surface area contributed by atoms with E-state index in [9.17, 15) is 9.59 Å². The summed E-state index contributed by atoms with van der Waals surface area (Å²) in [5.41, 5.74) is 4.91. The van der Waals surface area contributed by atoms with Crippen LogP contribution in [0, 0.1) is 6.92 Å². The summed E-state index contributed by atoms with van der Waals surface area (Å²) in [7, 11) is 0. The predicted molar refractivity (Wildman–Crippen MR) is 126 cm³/mol. The maximum atomic E-state index is 13.3. The van der Waals surface area contributed by atoms with Crippen molar-refractivity contribution in [1.29, 1.82) is 0 Å². The van der Waals surface area contributed by atoms with Gasteiger partial charge in [0.25, 0.3) is 5.91 Å². The number of carbonyl (C=O) groups excluding carboxylic acids is 2. The average Bonchev–Trinajstić information content (AvgIpc) is 3.24. The number of carbonyl (C=O) groups is 2. The molecule has 1 aromatic heterocycles. The van der Waals surface area contributed by atoms with E-state index in [2.05, 4.69) is 22.4 Å². The molecule has 2 amide bonds. The van der Waals surface area contributed by atoms with Crippen LogP contribution < -0.4 is 5.32 Å². The van der Waals surface area contributed by atoms with Gasteiger partial charge in [-0.05, 0) is 44.9 Å². The molecule has 4 rings (SSSR count). The summed E-state index contributed by atoms with van der Waals surface area (Å²) in [5, 5.41) is 4.05. The van der Waals surface area contributed by atoms with E-state index in [0.29, 0.717) is 25.3 Å². The molecule has 6 nitrogen and oxygen atoms in total. The minimum absolute atomic E-state index is 0.0200. The molecule has 2 aromatic carbocycles. The van der Waals surface area contributed by atoms with Crippen molar-refractivity contribution in [2.24, 2.45) is 0 Å². The first-order valence-corrected chi connectivity index (χ1v) is 11.3. The molecule has 32 heavy (non-hydrogen) atoms. The molecular weight excluding hydrogens is 402 g/mol. The lowest BCUT2D eigenvalue weighted by atomic mass is 9.95. The van der Waals surface area contributed by atoms with Crippen molar-refractivity contribution in [2.75, 3.05) is 19.7 Å². The van der Waals surface area contributed by atoms with Gasteiger partial charge in [-0.2, -0.15) is 0 Å². The van der Waals surface area contributed by atoms with Crippen molar-refractivity contribution >= 4 is 22.7 Å². The largest absolute Gasteiger partial charge is 0.379 e. The third-order valence-corrected chi connectivity index (χ3v) is 5.95. The Morgan fingerprint density at radius 3 is 2.72 bits per heavy atom. The lowest BCUT2D eigenvalue weighted by Gasteiger charge is -2.26. The van der Waals surface area contributed by atoms with Crippen LogP contribution in [0.3, 0.4) is 0 Å². The first kappa shape index (κ1) is 22.1. The van der Waals surface area contributed by atoms with Gasteiger partial charge in [0.1, 0.15) is 0 Å². The normalized spacial score (nSPS) is 15.6. The number of aromatic amines is 1. The molecule has 1 unspecified atom stereocenters. The van der Waals surface area contributed by atoms with Gasteiger partial charge in [0.2, 0.25) is 5.91 Å². The zero-order valence-electron chi connectivity index (χ0n) is 19.0. The summed E-state index contributed by atoms with van der Waals surface area (Å²) in [6.45, 7) is 7.60. The van der Waals surface area contributed by atoms with Gasteiger partial charge in [0, 0.05) is 53.8 Å². The summed E-state index contributed by atoms with van der Waals surface area (Å²) in [5.74, 6) is -0.0684. The van der Waals surface area contributed by atoms with Crippen LogP contribution in [-0.2, 0) is 9.53 Å². The van der Waals surface area contributed by atoms with Gasteiger partial charge in [-0.3, -0.25) is 9.59 Å². The standard InChI is InChI=1S/C26H31N3O3/c1-17(2)32-16-8-14-27-23(30)13-15-29-25(19-9-4-5-10-20(19)26(29)31)24-18(3)28-22-12-7-6-11-21(22)24/h4-7,9-12,17,25,28H,8,13-16H2,1-3H3,(H,27,30). The highest BCUT2D eigenvalue weighted by Crippen LogP contribution is 2.42. The lowest BCUT2D eigenvalue weighted by molar-refractivity contribution is -0.121. The Hall–Kier alpha value is -3.12. The van der Waals surface area contributed by atoms with Crippen LogP contribution in [0.2, 0.25) is 0 Å². The molecule has 1 aliphatic rings. The number of benzene rings is 2. The minimum atomic E-state index is -0.206. The minimum Gasteiger partial charge on any atom is -0.379 e. The second-order valence-corrected chi connectivity index (χ2v) is 8.57. The van der Waals surface area contributed by atoms with Gasteiger partial charge < -0.3 is 19.9 Å². The molecule has 0 fully saturated rings. The monoisotopic (exact) mass is 433 g/mol. The number of rotatable bonds is 9. The summed E-state index contributed by atoms with van der Waals surface area (Å²) in [6, 6.07) is 15.7. The summed E-state index contributed by atoms with van der Waals surface area (Å²) < 4.78 is 5.51. The molecule has 2 heterocycles. The Bertz CT molecular complexity index is 1120. The highest BCUT2D eigenvalue weighted by molar-refractivity contribution is 6.01. The topological polar surface area (TPSA) is 74.4 Å². The molecule has 1 aliphatic heterocycles. The van der Waals surface area contributed by atoms with Gasteiger partial charge in [-0.1, -0.05) is 36.4 Å². The first-order valence-electron chi connectivity index (χ1n) is 11.3. The Morgan fingerprint density at radius 1 is 1.16 bits per heavy atom. The highest BCUT2D eigenvalue weighted by atomic mass is 16.5. The van der Waals surface area contributed by atoms with Gasteiger partial charge in [0.15, 0.2) is 0 Å². The smallest absolute Gasteiger partial charge is 0.255 e. The molecule has 6 heteroatoms. The van der Waals surface area contributed by atoms with Crippen molar-refractivity contribution in [1.82, 2.24) is 15.2 Å². The zero-order chi connectivity index (χ0) is 22.7. The third kappa shape index (κ3) is 4.41. The number of aryl methyl sites for hydroxylation is 1. The first-order chi connectivity index (χ1) is 15.5. The second kappa shape index (κ2) is 9.57. The maximum absolute atomic E-state index is 13.3. The number of nitrogens with zero attached hydrogens (tertiary/aromatic N) is 1. The SMILES string of the molecule is Cc1[nH]c2ccccc2c1C1c2ccccc2C(=O)N1CCC(=O)NCCCOC(C)C. The van der Waals surface area contributed by atoms with Crippen molar-refractivity contribution in [2.45, 2.75) is 45.8 Å². The third-order valence-electron chi connectivity index (χ3n) is 5.95. The summed E-state index contributed by atoms with van der Waals surface area (Å²) in [4.78, 5) is 31.0. The van der Waals surface area contributed by atoms with Crippen LogP contribution in [0.1, 0.15) is 59.9 Å². The number of H-pyrrole nitrogens is 1. The number of para-hydroxylation sites is 1. The van der Waals surface area contributed by atoms with E-state index in [0.717, 1.165) is 34.1 Å². The number of hydrogen-bond acceptors (Lipinski definition) is 3. The molecule has 0 saturated heterocycles. The maximum Gasteiger partial charge on any atom is 0.255 e. The van der Waals surface area contributed by atoms with E-state index in [1.165, 1.54) is 0 Å². The Balaban J connectivity index is 1.52. The fraction of sp³-hybridized carbons (Fsp3) is 0.385. The molecule has 168 valence electrons. The molecule has 0 bridgehead atoms. The van der Waals surface area contributed by atoms with Gasteiger partial charge in [0.05, 0.1) is 12.1 Å². The van der Waals surface area contributed by atoms with Crippen molar-refractivity contribution in [3.8, 4) is 0 Å². The van der Waals surface area contributed by atoms with E-state index < -0.39 is 0 Å². The fourth-order valence-corrected chi connectivity index (χ4v) is 4.49. The number of aromatic nitrogens is 1. The Labute approximate surface area is 188 Å². The van der Waals surface area contributed by atoms with Gasteiger partial charge in [-0.25, -0.2) is 0 Å². The molecule has 0 saturated carbocycles. The van der Waals surface area contributed by atoms with Crippen LogP contribution in [0.4, 0.5) is 0 Å². The van der Waals surface area contributed by atoms with Crippen molar-refractivity contribution in [3.05, 3.63) is 70.9 Å². The number of nitrogens with one attached hydrogen (secondary N) is 2. The zero-order valence-corrected chi connectivity index (χ0v) is 19.0. The van der Waals surface area contributed by atoms with E-state index in [1.54, 1.807) is 0 Å². The quantitative estimate of drug-likeness (QED) is 0.493. The van der Waals surface area contributed by atoms with E-state index in [-0.39, 0.29) is 30.4 Å². The molecule has 0 radical (unpaired) electrons. The number of fused-ring (bicyclic) bond motifs is 2. The van der Waals surface area contributed by atoms with Crippen LogP contribution >= 0.6 is 0 Å². The van der Waals surface area contributed by atoms with E-state index in [1.807, 2.05) is 62.1 Å². The molecular formula is C26H31N3O3. The van der Waals surface area contributed by atoms with Crippen LogP contribution in [0.15, 0.2) is 48.5 Å². The molecule has 0 spiro atoms. The van der Waals surface area contributed by atoms with E-state index in [4.69, 9.17) is 4.74 Å². The molecule has 1 atom stereocenters. The van der Waals surface area contributed by atoms with Crippen LogP contribution in [0.25, 0.3) is 10.9 Å². The van der Waals surface area contributed by atoms with E-state index >= 15 is 0 Å². The van der Waals surface area contributed by atoms with Crippen molar-refractivity contribution in [3.63, 3.8) is 0 Å². The Kier molecular flexibility index (Phi) is 6.61. The van der Waals surface area contributed by atoms with Crippen LogP contribution in [-0.4, -0.2) is 47.5 Å². The molecule has 3 aromatic rings. The van der Waals surface area contributed by atoms with Crippen LogP contribution in [0.5, 0.6) is 0 Å². The number of hydrogen-bond donors (Lipinski definition) is 2. The van der Waals surface area contributed by atoms with Crippen molar-refractivity contribution < 1.29 is 14.3 Å². The summed E-state index contributed by atoms with van der Waals surface area (Å²) >= 11 is 0. The fourth-order valence-electron chi connectivity index (χ4n) is 4.49. The Morgan fingerprint density at radius 2 is 1.91 bits per heavy atom. The second-order valence-electron chi connectivity index (χ2n) is 8.57. The van der Waals surface area contributed by atoms with Gasteiger partial charge >= 0.3 is 0 Å². The number of amides is 2. The number of ether oxygens (including phenoxy) is 1. The predicted octanol–water partition coefficient (Wildman–Crippen LogP) is 4.34. The lowest BCUT2D eigenvalue weighted by Crippen LogP contribution is -2.34. The average molecular weight is 434 g/mol. The summed E-state index contributed by atoms with van der Waals surface area (Å²) in [6.07, 6.45) is 1.23. The van der Waals surface area contributed by atoms with Gasteiger partial charge in [-0.15, -0.1) is 0 Å².